The lowest BCUT2D eigenvalue weighted by Crippen LogP contribution is -2.17. The second-order valence-corrected chi connectivity index (χ2v) is 4.80. The predicted octanol–water partition coefficient (Wildman–Crippen LogP) is 0.787. The van der Waals surface area contributed by atoms with Crippen LogP contribution in [-0.4, -0.2) is 33.7 Å². The number of aryl methyl sites for hydroxylation is 1. The van der Waals surface area contributed by atoms with E-state index in [9.17, 15) is 4.79 Å². The summed E-state index contributed by atoms with van der Waals surface area (Å²) in [6.45, 7) is 4.35. The fourth-order valence-corrected chi connectivity index (χ4v) is 1.85. The van der Waals surface area contributed by atoms with Gasteiger partial charge in [0, 0.05) is 12.2 Å². The average Bonchev–Trinajstić information content (AvgIpc) is 2.61. The summed E-state index contributed by atoms with van der Waals surface area (Å²) in [5.74, 6) is 0.653. The molecule has 0 saturated carbocycles. The highest BCUT2D eigenvalue weighted by molar-refractivity contribution is 8.00. The minimum atomic E-state index is -0.141. The summed E-state index contributed by atoms with van der Waals surface area (Å²) in [4.78, 5) is 11.4. The van der Waals surface area contributed by atoms with Gasteiger partial charge in [0.25, 0.3) is 0 Å². The van der Waals surface area contributed by atoms with Crippen molar-refractivity contribution in [3.8, 4) is 0 Å². The van der Waals surface area contributed by atoms with Crippen LogP contribution in [0.15, 0.2) is 4.42 Å². The molecule has 1 aromatic rings. The van der Waals surface area contributed by atoms with Crippen molar-refractivity contribution in [2.24, 2.45) is 5.73 Å². The van der Waals surface area contributed by atoms with Crippen LogP contribution in [0.3, 0.4) is 0 Å². The van der Waals surface area contributed by atoms with Gasteiger partial charge in [0.15, 0.2) is 0 Å². The predicted molar refractivity (Wildman–Crippen MR) is 63.3 cm³/mol. The smallest absolute Gasteiger partial charge is 0.322 e. The number of nitrogens with one attached hydrogen (secondary N) is 1. The van der Waals surface area contributed by atoms with E-state index < -0.39 is 0 Å². The van der Waals surface area contributed by atoms with Crippen molar-refractivity contribution in [1.82, 2.24) is 10.2 Å². The van der Waals surface area contributed by atoms with Crippen molar-refractivity contribution in [1.29, 1.82) is 0 Å². The molecule has 1 heterocycles. The van der Waals surface area contributed by atoms with E-state index in [2.05, 4.69) is 15.5 Å². The summed E-state index contributed by atoms with van der Waals surface area (Å²) in [5.41, 5.74) is 5.41. The molecular weight excluding hydrogens is 228 g/mol. The zero-order valence-corrected chi connectivity index (χ0v) is 10.2. The van der Waals surface area contributed by atoms with Crippen LogP contribution in [0, 0.1) is 6.92 Å². The molecule has 3 N–H and O–H groups in total. The van der Waals surface area contributed by atoms with Crippen LogP contribution in [0.1, 0.15) is 19.2 Å². The minimum absolute atomic E-state index is 0.141. The van der Waals surface area contributed by atoms with E-state index in [1.54, 1.807) is 18.7 Å². The molecule has 0 aliphatic carbocycles. The Hall–Kier alpha value is -1.08. The van der Waals surface area contributed by atoms with Gasteiger partial charge in [-0.25, -0.2) is 0 Å². The quantitative estimate of drug-likeness (QED) is 0.768. The number of nitrogens with two attached hydrogens (primary N) is 1. The topological polar surface area (TPSA) is 94.0 Å². The molecule has 0 spiro atoms. The molecule has 1 unspecified atom stereocenters. The van der Waals surface area contributed by atoms with Crippen LogP contribution < -0.4 is 11.1 Å². The first-order valence-electron chi connectivity index (χ1n) is 5.03. The van der Waals surface area contributed by atoms with E-state index in [-0.39, 0.29) is 11.9 Å². The SMILES string of the molecule is Cc1nnc(NC(=O)CSC(C)CCN)o1. The molecule has 1 rings (SSSR count). The van der Waals surface area contributed by atoms with Gasteiger partial charge in [-0.15, -0.1) is 16.9 Å². The van der Waals surface area contributed by atoms with Crippen molar-refractivity contribution in [3.05, 3.63) is 5.89 Å². The van der Waals surface area contributed by atoms with Crippen molar-refractivity contribution >= 4 is 23.7 Å². The number of aromatic nitrogens is 2. The van der Waals surface area contributed by atoms with Crippen LogP contribution in [0.25, 0.3) is 0 Å². The number of carbonyl (C=O) groups is 1. The third-order valence-electron chi connectivity index (χ3n) is 1.84. The van der Waals surface area contributed by atoms with Crippen molar-refractivity contribution in [3.63, 3.8) is 0 Å². The van der Waals surface area contributed by atoms with E-state index in [1.165, 1.54) is 0 Å². The van der Waals surface area contributed by atoms with E-state index in [0.29, 0.717) is 23.4 Å². The number of nitrogens with zero attached hydrogens (tertiary/aromatic N) is 2. The number of hydrogen-bond donors (Lipinski definition) is 2. The number of hydrogen-bond acceptors (Lipinski definition) is 6. The maximum Gasteiger partial charge on any atom is 0.322 e. The Morgan fingerprint density at radius 3 is 2.94 bits per heavy atom. The standard InChI is InChI=1S/C9H16N4O2S/c1-6(3-4-10)16-5-8(14)11-9-13-12-7(2)15-9/h6H,3-5,10H2,1-2H3,(H,11,13,14). The molecule has 1 amide bonds. The molecule has 0 aliphatic heterocycles. The van der Waals surface area contributed by atoms with Gasteiger partial charge in [0.05, 0.1) is 5.75 Å². The van der Waals surface area contributed by atoms with Gasteiger partial charge in [-0.05, 0) is 13.0 Å². The molecule has 0 fully saturated rings. The number of rotatable bonds is 6. The van der Waals surface area contributed by atoms with Gasteiger partial charge in [-0.1, -0.05) is 12.0 Å². The zero-order valence-electron chi connectivity index (χ0n) is 9.40. The zero-order chi connectivity index (χ0) is 12.0. The minimum Gasteiger partial charge on any atom is -0.408 e. The van der Waals surface area contributed by atoms with Crippen molar-refractivity contribution < 1.29 is 9.21 Å². The van der Waals surface area contributed by atoms with Crippen LogP contribution in [0.5, 0.6) is 0 Å². The second-order valence-electron chi connectivity index (χ2n) is 3.37. The van der Waals surface area contributed by atoms with Gasteiger partial charge in [0.2, 0.25) is 11.8 Å². The van der Waals surface area contributed by atoms with Gasteiger partial charge in [-0.3, -0.25) is 10.1 Å². The summed E-state index contributed by atoms with van der Waals surface area (Å²) in [5, 5.41) is 10.2. The Balaban J connectivity index is 2.26. The normalized spacial score (nSPS) is 12.4. The maximum atomic E-state index is 11.4. The molecule has 0 radical (unpaired) electrons. The fraction of sp³-hybridized carbons (Fsp3) is 0.667. The molecule has 0 bridgehead atoms. The summed E-state index contributed by atoms with van der Waals surface area (Å²) < 4.78 is 5.03. The first-order chi connectivity index (χ1) is 7.61. The molecule has 90 valence electrons. The van der Waals surface area contributed by atoms with E-state index in [4.69, 9.17) is 10.2 Å². The lowest BCUT2D eigenvalue weighted by molar-refractivity contribution is -0.113. The van der Waals surface area contributed by atoms with Gasteiger partial charge >= 0.3 is 6.01 Å². The summed E-state index contributed by atoms with van der Waals surface area (Å²) in [7, 11) is 0. The number of thioether (sulfide) groups is 1. The van der Waals surface area contributed by atoms with Gasteiger partial charge < -0.3 is 10.2 Å². The van der Waals surface area contributed by atoms with E-state index in [1.807, 2.05) is 6.92 Å². The highest BCUT2D eigenvalue weighted by atomic mass is 32.2. The Kier molecular flexibility index (Phi) is 5.27. The molecule has 0 aromatic carbocycles. The molecule has 1 aromatic heterocycles. The van der Waals surface area contributed by atoms with Crippen LogP contribution in [0.2, 0.25) is 0 Å². The lowest BCUT2D eigenvalue weighted by Gasteiger charge is -2.08. The second kappa shape index (κ2) is 6.49. The number of anilines is 1. The van der Waals surface area contributed by atoms with Crippen molar-refractivity contribution in [2.45, 2.75) is 25.5 Å². The summed E-state index contributed by atoms with van der Waals surface area (Å²) in [6.07, 6.45) is 0.900. The third kappa shape index (κ3) is 4.63. The van der Waals surface area contributed by atoms with E-state index in [0.717, 1.165) is 6.42 Å². The Labute approximate surface area is 98.4 Å². The molecule has 6 nitrogen and oxygen atoms in total. The largest absolute Gasteiger partial charge is 0.408 e. The third-order valence-corrected chi connectivity index (χ3v) is 3.08. The average molecular weight is 244 g/mol. The van der Waals surface area contributed by atoms with Gasteiger partial charge in [-0.2, -0.15) is 0 Å². The Morgan fingerprint density at radius 2 is 2.38 bits per heavy atom. The van der Waals surface area contributed by atoms with Crippen LogP contribution in [0.4, 0.5) is 6.01 Å². The molecular formula is C9H16N4O2S. The Bertz CT molecular complexity index is 342. The molecule has 0 aliphatic rings. The van der Waals surface area contributed by atoms with Crippen LogP contribution in [-0.2, 0) is 4.79 Å². The fourth-order valence-electron chi connectivity index (χ4n) is 1.04. The molecule has 16 heavy (non-hydrogen) atoms. The number of amides is 1. The van der Waals surface area contributed by atoms with Crippen molar-refractivity contribution in [2.75, 3.05) is 17.6 Å². The highest BCUT2D eigenvalue weighted by Crippen LogP contribution is 2.13. The lowest BCUT2D eigenvalue weighted by atomic mass is 10.3. The monoisotopic (exact) mass is 244 g/mol. The molecule has 1 atom stereocenters. The van der Waals surface area contributed by atoms with Gasteiger partial charge in [0.1, 0.15) is 0 Å². The Morgan fingerprint density at radius 1 is 1.62 bits per heavy atom. The number of carbonyl (C=O) groups excluding carboxylic acids is 1. The molecule has 0 saturated heterocycles. The van der Waals surface area contributed by atoms with Crippen LogP contribution >= 0.6 is 11.8 Å². The maximum absolute atomic E-state index is 11.4. The highest BCUT2D eigenvalue weighted by Gasteiger charge is 2.09. The first kappa shape index (κ1) is 13.0. The van der Waals surface area contributed by atoms with E-state index >= 15 is 0 Å². The molecule has 7 heteroatoms. The summed E-state index contributed by atoms with van der Waals surface area (Å²) >= 11 is 1.55. The first-order valence-corrected chi connectivity index (χ1v) is 6.08. The summed E-state index contributed by atoms with van der Waals surface area (Å²) in [6, 6.07) is 0.148.